The molecule has 0 radical (unpaired) electrons. The molecule has 0 bridgehead atoms. The van der Waals surface area contributed by atoms with Gasteiger partial charge in [0.05, 0.1) is 6.61 Å². The van der Waals surface area contributed by atoms with E-state index >= 15 is 0 Å². The Labute approximate surface area is 125 Å². The monoisotopic (exact) mass is 289 g/mol. The number of aromatic nitrogens is 1. The van der Waals surface area contributed by atoms with E-state index in [0.717, 1.165) is 13.0 Å². The van der Waals surface area contributed by atoms with Gasteiger partial charge in [0.2, 0.25) is 0 Å². The molecule has 2 aliphatic rings. The van der Waals surface area contributed by atoms with Crippen LogP contribution in [0.4, 0.5) is 5.82 Å². The maximum atomic E-state index is 12.0. The minimum atomic E-state index is -0.299. The third-order valence-electron chi connectivity index (χ3n) is 4.48. The number of carbonyl (C=O) groups excluding carboxylic acids is 1. The highest BCUT2D eigenvalue weighted by Crippen LogP contribution is 2.29. The lowest BCUT2D eigenvalue weighted by atomic mass is 9.99. The zero-order chi connectivity index (χ0) is 14.7. The summed E-state index contributed by atoms with van der Waals surface area (Å²) in [4.78, 5) is 18.9. The van der Waals surface area contributed by atoms with E-state index in [0.29, 0.717) is 30.1 Å². The molecule has 1 aromatic rings. The number of esters is 1. The van der Waals surface area contributed by atoms with Crippen LogP contribution in [0.25, 0.3) is 0 Å². The summed E-state index contributed by atoms with van der Waals surface area (Å²) in [6, 6.07) is 4.52. The highest BCUT2D eigenvalue weighted by Gasteiger charge is 2.36. The van der Waals surface area contributed by atoms with Crippen molar-refractivity contribution in [3.8, 4) is 0 Å². The first-order valence-electron chi connectivity index (χ1n) is 7.92. The van der Waals surface area contributed by atoms with Crippen LogP contribution in [-0.2, 0) is 4.74 Å². The number of carbonyl (C=O) groups is 1. The molecule has 3 heterocycles. The Hall–Kier alpha value is -1.62. The van der Waals surface area contributed by atoms with E-state index in [2.05, 4.69) is 15.2 Å². The molecular formula is C16H23N3O2. The average Bonchev–Trinajstić information content (AvgIpc) is 2.91. The first-order chi connectivity index (χ1) is 10.3. The average molecular weight is 289 g/mol. The number of pyridine rings is 1. The summed E-state index contributed by atoms with van der Waals surface area (Å²) in [6.45, 7) is 4.55. The van der Waals surface area contributed by atoms with E-state index < -0.39 is 0 Å². The molecule has 0 saturated carbocycles. The fourth-order valence-corrected chi connectivity index (χ4v) is 3.49. The maximum Gasteiger partial charge on any atom is 0.341 e. The van der Waals surface area contributed by atoms with E-state index in [4.69, 9.17) is 4.74 Å². The van der Waals surface area contributed by atoms with Crippen LogP contribution >= 0.6 is 0 Å². The maximum absolute atomic E-state index is 12.0. The van der Waals surface area contributed by atoms with Gasteiger partial charge < -0.3 is 10.1 Å². The lowest BCUT2D eigenvalue weighted by molar-refractivity contribution is 0.0527. The normalized spacial score (nSPS) is 25.4. The molecule has 5 heteroatoms. The van der Waals surface area contributed by atoms with E-state index in [9.17, 15) is 4.79 Å². The lowest BCUT2D eigenvalue weighted by Crippen LogP contribution is -2.42. The van der Waals surface area contributed by atoms with Crippen LogP contribution in [0, 0.1) is 0 Å². The van der Waals surface area contributed by atoms with Crippen LogP contribution in [-0.4, -0.2) is 47.6 Å². The van der Waals surface area contributed by atoms with E-state index in [1.807, 2.05) is 6.92 Å². The molecule has 2 fully saturated rings. The van der Waals surface area contributed by atoms with Crippen molar-refractivity contribution in [1.29, 1.82) is 0 Å². The van der Waals surface area contributed by atoms with Crippen LogP contribution in [0.15, 0.2) is 18.3 Å². The van der Waals surface area contributed by atoms with Crippen LogP contribution in [0.5, 0.6) is 0 Å². The molecule has 0 amide bonds. The van der Waals surface area contributed by atoms with Gasteiger partial charge in [-0.2, -0.15) is 0 Å². The quantitative estimate of drug-likeness (QED) is 0.862. The van der Waals surface area contributed by atoms with Gasteiger partial charge in [0.15, 0.2) is 0 Å². The molecular weight excluding hydrogens is 266 g/mol. The molecule has 21 heavy (non-hydrogen) atoms. The second-order valence-corrected chi connectivity index (χ2v) is 5.76. The molecule has 1 aromatic heterocycles. The Kier molecular flexibility index (Phi) is 4.39. The largest absolute Gasteiger partial charge is 0.462 e. The molecule has 1 N–H and O–H groups in total. The molecule has 2 atom stereocenters. The zero-order valence-electron chi connectivity index (χ0n) is 12.5. The fraction of sp³-hybridized carbons (Fsp3) is 0.625. The van der Waals surface area contributed by atoms with Crippen LogP contribution in [0.2, 0.25) is 0 Å². The molecule has 3 rings (SSSR count). The third-order valence-corrected chi connectivity index (χ3v) is 4.48. The highest BCUT2D eigenvalue weighted by atomic mass is 16.5. The number of nitrogens with one attached hydrogen (secondary N) is 1. The van der Waals surface area contributed by atoms with Crippen molar-refractivity contribution >= 4 is 11.8 Å². The molecule has 5 nitrogen and oxygen atoms in total. The Balaban J connectivity index is 1.74. The number of nitrogens with zero attached hydrogens (tertiary/aromatic N) is 2. The summed E-state index contributed by atoms with van der Waals surface area (Å²) < 4.78 is 5.11. The van der Waals surface area contributed by atoms with Gasteiger partial charge in [-0.1, -0.05) is 6.42 Å². The van der Waals surface area contributed by atoms with Gasteiger partial charge in [0.25, 0.3) is 0 Å². The number of anilines is 1. The summed E-state index contributed by atoms with van der Waals surface area (Å²) in [5.41, 5.74) is 0.536. The predicted octanol–water partition coefficient (Wildman–Crippen LogP) is 2.30. The minimum Gasteiger partial charge on any atom is -0.462 e. The topological polar surface area (TPSA) is 54.5 Å². The SMILES string of the molecule is CCOC(=O)c1cccnc1NC1CCN2CCCCC12. The zero-order valence-corrected chi connectivity index (χ0v) is 12.5. The van der Waals surface area contributed by atoms with Gasteiger partial charge in [-0.3, -0.25) is 4.90 Å². The van der Waals surface area contributed by atoms with Crippen molar-refractivity contribution in [1.82, 2.24) is 9.88 Å². The highest BCUT2D eigenvalue weighted by molar-refractivity contribution is 5.94. The summed E-state index contributed by atoms with van der Waals surface area (Å²) >= 11 is 0. The smallest absolute Gasteiger partial charge is 0.341 e. The van der Waals surface area contributed by atoms with Crippen molar-refractivity contribution in [3.05, 3.63) is 23.9 Å². The number of piperidine rings is 1. The Morgan fingerprint density at radius 2 is 2.33 bits per heavy atom. The molecule has 2 unspecified atom stereocenters. The molecule has 2 saturated heterocycles. The first kappa shape index (κ1) is 14.3. The lowest BCUT2D eigenvalue weighted by Gasteiger charge is -2.32. The van der Waals surface area contributed by atoms with Gasteiger partial charge in [-0.15, -0.1) is 0 Å². The first-order valence-corrected chi connectivity index (χ1v) is 7.92. The van der Waals surface area contributed by atoms with Gasteiger partial charge >= 0.3 is 5.97 Å². The van der Waals surface area contributed by atoms with Crippen LogP contribution in [0.1, 0.15) is 43.0 Å². The molecule has 0 aromatic carbocycles. The number of ether oxygens (including phenoxy) is 1. The predicted molar refractivity (Wildman–Crippen MR) is 81.4 cm³/mol. The Morgan fingerprint density at radius 1 is 1.43 bits per heavy atom. The van der Waals surface area contributed by atoms with E-state index in [1.165, 1.54) is 25.8 Å². The summed E-state index contributed by atoms with van der Waals surface area (Å²) in [7, 11) is 0. The van der Waals surface area contributed by atoms with Gasteiger partial charge in [-0.25, -0.2) is 9.78 Å². The molecule has 2 aliphatic heterocycles. The standard InChI is InChI=1S/C16H23N3O2/c1-2-21-16(20)12-6-5-9-17-15(12)18-13-8-11-19-10-4-3-7-14(13)19/h5-6,9,13-14H,2-4,7-8,10-11H2,1H3,(H,17,18). The van der Waals surface area contributed by atoms with Crippen molar-refractivity contribution in [3.63, 3.8) is 0 Å². The van der Waals surface area contributed by atoms with Gasteiger partial charge in [0.1, 0.15) is 11.4 Å². The van der Waals surface area contributed by atoms with Crippen molar-refractivity contribution < 1.29 is 9.53 Å². The number of hydrogen-bond donors (Lipinski definition) is 1. The molecule has 114 valence electrons. The van der Waals surface area contributed by atoms with E-state index in [-0.39, 0.29) is 5.97 Å². The van der Waals surface area contributed by atoms with Crippen molar-refractivity contribution in [2.24, 2.45) is 0 Å². The number of rotatable bonds is 4. The summed E-state index contributed by atoms with van der Waals surface area (Å²) in [5, 5.41) is 3.49. The van der Waals surface area contributed by atoms with Crippen LogP contribution in [0.3, 0.4) is 0 Å². The summed E-state index contributed by atoms with van der Waals surface area (Å²) in [5.74, 6) is 0.361. The van der Waals surface area contributed by atoms with Gasteiger partial charge in [-0.05, 0) is 44.9 Å². The number of fused-ring (bicyclic) bond motifs is 1. The van der Waals surface area contributed by atoms with Crippen LogP contribution < -0.4 is 5.32 Å². The minimum absolute atomic E-state index is 0.299. The Bertz CT molecular complexity index is 506. The van der Waals surface area contributed by atoms with E-state index in [1.54, 1.807) is 18.3 Å². The summed E-state index contributed by atoms with van der Waals surface area (Å²) in [6.07, 6.45) is 6.68. The number of hydrogen-bond acceptors (Lipinski definition) is 5. The van der Waals surface area contributed by atoms with Crippen molar-refractivity contribution in [2.75, 3.05) is 25.0 Å². The molecule has 0 spiro atoms. The fourth-order valence-electron chi connectivity index (χ4n) is 3.49. The van der Waals surface area contributed by atoms with Crippen molar-refractivity contribution in [2.45, 2.75) is 44.7 Å². The third kappa shape index (κ3) is 3.02. The second-order valence-electron chi connectivity index (χ2n) is 5.76. The second kappa shape index (κ2) is 6.43. The molecule has 0 aliphatic carbocycles. The Morgan fingerprint density at radius 3 is 3.19 bits per heavy atom. The van der Waals surface area contributed by atoms with Gasteiger partial charge in [0, 0.05) is 24.8 Å².